The molecule has 1 saturated heterocycles. The molecule has 3 rings (SSSR count). The highest BCUT2D eigenvalue weighted by Crippen LogP contribution is 2.16. The number of carbonyl (C=O) groups is 2. The van der Waals surface area contributed by atoms with Crippen LogP contribution in [-0.4, -0.2) is 53.9 Å². The average Bonchev–Trinajstić information content (AvgIpc) is 2.78. The van der Waals surface area contributed by atoms with Gasteiger partial charge in [0.25, 0.3) is 11.8 Å². The van der Waals surface area contributed by atoms with E-state index < -0.39 is 6.10 Å². The molecule has 0 aromatic heterocycles. The molecule has 0 spiro atoms. The summed E-state index contributed by atoms with van der Waals surface area (Å²) in [4.78, 5) is 29.0. The van der Waals surface area contributed by atoms with Crippen LogP contribution < -0.4 is 10.5 Å². The number of amides is 2. The lowest BCUT2D eigenvalue weighted by Crippen LogP contribution is -2.53. The Hall–Kier alpha value is -2.57. The number of benzene rings is 2. The van der Waals surface area contributed by atoms with Crippen molar-refractivity contribution in [2.45, 2.75) is 32.9 Å². The number of aryl methyl sites for hydroxylation is 1. The van der Waals surface area contributed by atoms with E-state index in [1.165, 1.54) is 5.56 Å². The fourth-order valence-electron chi connectivity index (χ4n) is 3.41. The zero-order valence-corrected chi connectivity index (χ0v) is 18.4. The van der Waals surface area contributed by atoms with Crippen LogP contribution >= 0.6 is 12.4 Å². The molecule has 2 aromatic carbocycles. The Labute approximate surface area is 184 Å². The predicted octanol–water partition coefficient (Wildman–Crippen LogP) is 2.88. The zero-order valence-electron chi connectivity index (χ0n) is 17.5. The Morgan fingerprint density at radius 1 is 0.933 bits per heavy atom. The number of hydrogen-bond acceptors (Lipinski definition) is 4. The van der Waals surface area contributed by atoms with Crippen LogP contribution in [0.1, 0.15) is 35.3 Å². The summed E-state index contributed by atoms with van der Waals surface area (Å²) in [5.74, 6) is 0.628. The highest BCUT2D eigenvalue weighted by molar-refractivity contribution is 5.94. The summed E-state index contributed by atoms with van der Waals surface area (Å²) in [6.07, 6.45) is 0.406. The molecule has 30 heavy (non-hydrogen) atoms. The summed E-state index contributed by atoms with van der Waals surface area (Å²) in [5, 5.41) is 0. The molecule has 1 atom stereocenters. The monoisotopic (exact) mass is 431 g/mol. The van der Waals surface area contributed by atoms with Gasteiger partial charge in [0, 0.05) is 38.3 Å². The number of carbonyl (C=O) groups excluding carboxylic acids is 2. The van der Waals surface area contributed by atoms with Gasteiger partial charge in [-0.1, -0.05) is 31.2 Å². The van der Waals surface area contributed by atoms with E-state index in [0.717, 1.165) is 12.0 Å². The number of nitrogens with zero attached hydrogens (tertiary/aromatic N) is 2. The van der Waals surface area contributed by atoms with Crippen molar-refractivity contribution in [3.8, 4) is 5.75 Å². The Morgan fingerprint density at radius 2 is 1.47 bits per heavy atom. The minimum Gasteiger partial charge on any atom is -0.481 e. The third-order valence-electron chi connectivity index (χ3n) is 5.31. The van der Waals surface area contributed by atoms with Crippen molar-refractivity contribution in [3.05, 3.63) is 65.2 Å². The zero-order chi connectivity index (χ0) is 20.8. The molecule has 162 valence electrons. The summed E-state index contributed by atoms with van der Waals surface area (Å²) in [6, 6.07) is 15.2. The molecule has 2 aromatic rings. The molecule has 1 fully saturated rings. The predicted molar refractivity (Wildman–Crippen MR) is 120 cm³/mol. The first-order valence-corrected chi connectivity index (χ1v) is 10.1. The van der Waals surface area contributed by atoms with E-state index in [0.29, 0.717) is 44.0 Å². The minimum absolute atomic E-state index is 0. The van der Waals surface area contributed by atoms with Crippen LogP contribution in [0.2, 0.25) is 0 Å². The van der Waals surface area contributed by atoms with Crippen LogP contribution in [0.3, 0.4) is 0 Å². The SMILES string of the molecule is CCc1ccc(OC(C)C(=O)N2CCN(C(=O)c3ccc(CN)cc3)CC2)cc1.Cl. The first-order chi connectivity index (χ1) is 14.0. The normalized spacial score (nSPS) is 14.6. The number of ether oxygens (including phenoxy) is 1. The second-order valence-corrected chi connectivity index (χ2v) is 7.28. The van der Waals surface area contributed by atoms with E-state index in [1.54, 1.807) is 16.7 Å². The Kier molecular flexibility index (Phi) is 8.69. The second kappa shape index (κ2) is 11.0. The highest BCUT2D eigenvalue weighted by Gasteiger charge is 2.28. The Bertz CT molecular complexity index is 832. The van der Waals surface area contributed by atoms with Crippen molar-refractivity contribution in [1.82, 2.24) is 9.80 Å². The van der Waals surface area contributed by atoms with Crippen molar-refractivity contribution in [2.24, 2.45) is 5.73 Å². The minimum atomic E-state index is -0.562. The van der Waals surface area contributed by atoms with Crippen molar-refractivity contribution in [3.63, 3.8) is 0 Å². The third-order valence-corrected chi connectivity index (χ3v) is 5.31. The molecular weight excluding hydrogens is 402 g/mol. The fourth-order valence-corrected chi connectivity index (χ4v) is 3.41. The van der Waals surface area contributed by atoms with Gasteiger partial charge < -0.3 is 20.3 Å². The van der Waals surface area contributed by atoms with E-state index in [9.17, 15) is 9.59 Å². The molecule has 1 aliphatic rings. The van der Waals surface area contributed by atoms with Crippen LogP contribution in [-0.2, 0) is 17.8 Å². The quantitative estimate of drug-likeness (QED) is 0.763. The third kappa shape index (κ3) is 5.74. The maximum atomic E-state index is 12.7. The molecule has 2 N–H and O–H groups in total. The molecule has 0 radical (unpaired) electrons. The van der Waals surface area contributed by atoms with E-state index in [-0.39, 0.29) is 24.2 Å². The maximum Gasteiger partial charge on any atom is 0.263 e. The van der Waals surface area contributed by atoms with Gasteiger partial charge in [-0.05, 0) is 48.7 Å². The summed E-state index contributed by atoms with van der Waals surface area (Å²) in [7, 11) is 0. The van der Waals surface area contributed by atoms with Crippen LogP contribution in [0.5, 0.6) is 5.75 Å². The van der Waals surface area contributed by atoms with Gasteiger partial charge in [-0.15, -0.1) is 12.4 Å². The van der Waals surface area contributed by atoms with Gasteiger partial charge in [0.2, 0.25) is 0 Å². The molecule has 1 aliphatic heterocycles. The van der Waals surface area contributed by atoms with Crippen molar-refractivity contribution < 1.29 is 14.3 Å². The van der Waals surface area contributed by atoms with Crippen LogP contribution in [0.15, 0.2) is 48.5 Å². The molecule has 0 bridgehead atoms. The van der Waals surface area contributed by atoms with E-state index in [2.05, 4.69) is 6.92 Å². The standard InChI is InChI=1S/C23H29N3O3.ClH/c1-3-18-6-10-21(11-7-18)29-17(2)22(27)25-12-14-26(15-13-25)23(28)20-8-4-19(16-24)5-9-20;/h4-11,17H,3,12-16,24H2,1-2H3;1H. The average molecular weight is 432 g/mol. The molecule has 6 nitrogen and oxygen atoms in total. The van der Waals surface area contributed by atoms with Gasteiger partial charge >= 0.3 is 0 Å². The molecule has 2 amide bonds. The van der Waals surface area contributed by atoms with Gasteiger partial charge in [-0.25, -0.2) is 0 Å². The van der Waals surface area contributed by atoms with E-state index >= 15 is 0 Å². The van der Waals surface area contributed by atoms with Crippen LogP contribution in [0.25, 0.3) is 0 Å². The lowest BCUT2D eigenvalue weighted by atomic mass is 10.1. The maximum absolute atomic E-state index is 12.7. The van der Waals surface area contributed by atoms with Crippen LogP contribution in [0.4, 0.5) is 0 Å². The van der Waals surface area contributed by atoms with E-state index in [1.807, 2.05) is 48.5 Å². The molecule has 1 unspecified atom stereocenters. The summed E-state index contributed by atoms with van der Waals surface area (Å²) < 4.78 is 5.81. The number of halogens is 1. The molecule has 0 aliphatic carbocycles. The number of hydrogen-bond donors (Lipinski definition) is 1. The number of piperazine rings is 1. The van der Waals surface area contributed by atoms with Crippen molar-refractivity contribution >= 4 is 24.2 Å². The lowest BCUT2D eigenvalue weighted by molar-refractivity contribution is -0.139. The number of nitrogens with two attached hydrogens (primary N) is 1. The van der Waals surface area contributed by atoms with Crippen molar-refractivity contribution in [2.75, 3.05) is 26.2 Å². The topological polar surface area (TPSA) is 75.9 Å². The molecule has 7 heteroatoms. The molecule has 1 heterocycles. The van der Waals surface area contributed by atoms with Gasteiger partial charge in [0.15, 0.2) is 6.10 Å². The summed E-state index contributed by atoms with van der Waals surface area (Å²) in [6.45, 7) is 6.37. The second-order valence-electron chi connectivity index (χ2n) is 7.28. The van der Waals surface area contributed by atoms with Gasteiger partial charge in [-0.2, -0.15) is 0 Å². The smallest absolute Gasteiger partial charge is 0.263 e. The Morgan fingerprint density at radius 3 is 2.00 bits per heavy atom. The van der Waals surface area contributed by atoms with Gasteiger partial charge in [0.05, 0.1) is 0 Å². The van der Waals surface area contributed by atoms with Gasteiger partial charge in [-0.3, -0.25) is 9.59 Å². The van der Waals surface area contributed by atoms with Gasteiger partial charge in [0.1, 0.15) is 5.75 Å². The van der Waals surface area contributed by atoms with Crippen LogP contribution in [0, 0.1) is 0 Å². The summed E-state index contributed by atoms with van der Waals surface area (Å²) >= 11 is 0. The molecule has 0 saturated carbocycles. The number of rotatable bonds is 6. The Balaban J connectivity index is 0.00000320. The summed E-state index contributed by atoms with van der Waals surface area (Å²) in [5.41, 5.74) is 8.48. The first kappa shape index (κ1) is 23.7. The van der Waals surface area contributed by atoms with E-state index in [4.69, 9.17) is 10.5 Å². The first-order valence-electron chi connectivity index (χ1n) is 10.1. The largest absolute Gasteiger partial charge is 0.481 e. The fraction of sp³-hybridized carbons (Fsp3) is 0.391. The lowest BCUT2D eigenvalue weighted by Gasteiger charge is -2.36. The highest BCUT2D eigenvalue weighted by atomic mass is 35.5. The van der Waals surface area contributed by atoms with Crippen molar-refractivity contribution in [1.29, 1.82) is 0 Å². The molecular formula is C23H30ClN3O3.